The van der Waals surface area contributed by atoms with E-state index in [4.69, 9.17) is 4.74 Å². The second-order valence-electron chi connectivity index (χ2n) is 16.2. The average molecular weight is 727 g/mol. The molecule has 1 saturated carbocycles. The molecule has 1 aromatic rings. The summed E-state index contributed by atoms with van der Waals surface area (Å²) in [7, 11) is 3.12. The highest BCUT2D eigenvalue weighted by molar-refractivity contribution is 6.38. The van der Waals surface area contributed by atoms with Gasteiger partial charge in [0.15, 0.2) is 0 Å². The molecule has 0 radical (unpaired) electrons. The van der Waals surface area contributed by atoms with Crippen LogP contribution in [0, 0.1) is 28.6 Å². The molecular formula is C38H58N6O8. The monoisotopic (exact) mass is 726 g/mol. The minimum Gasteiger partial charge on any atom is -0.446 e. The van der Waals surface area contributed by atoms with E-state index in [2.05, 4.69) is 21.3 Å². The number of amides is 6. The highest BCUT2D eigenvalue weighted by atomic mass is 16.6. The maximum Gasteiger partial charge on any atom is 0.408 e. The topological polar surface area (TPSA) is 183 Å². The number of ketones is 1. The van der Waals surface area contributed by atoms with E-state index in [1.165, 1.54) is 9.80 Å². The quantitative estimate of drug-likeness (QED) is 0.199. The molecule has 0 bridgehead atoms. The third kappa shape index (κ3) is 9.88. The Morgan fingerprint density at radius 2 is 1.58 bits per heavy atom. The Bertz CT molecular complexity index is 1500. The van der Waals surface area contributed by atoms with Gasteiger partial charge in [0, 0.05) is 20.6 Å². The molecule has 14 nitrogen and oxygen atoms in total. The maximum atomic E-state index is 14.2. The fraction of sp³-hybridized carbons (Fsp3) is 0.658. The Labute approximate surface area is 307 Å². The van der Waals surface area contributed by atoms with Crippen molar-refractivity contribution in [2.24, 2.45) is 28.6 Å². The number of Topliss-reactive ketones (excluding diaryl/α,β-unsaturated/α-hetero) is 1. The van der Waals surface area contributed by atoms with E-state index in [1.807, 2.05) is 48.5 Å². The molecule has 4 N–H and O–H groups in total. The molecule has 0 aromatic heterocycles. The van der Waals surface area contributed by atoms with E-state index < -0.39 is 71.6 Å². The Morgan fingerprint density at radius 3 is 2.12 bits per heavy atom. The number of likely N-dealkylation sites (tertiary alicyclic amines) is 1. The van der Waals surface area contributed by atoms with Gasteiger partial charge in [0.05, 0.1) is 12.6 Å². The second-order valence-corrected chi connectivity index (χ2v) is 16.2. The fourth-order valence-corrected chi connectivity index (χ4v) is 6.71. The summed E-state index contributed by atoms with van der Waals surface area (Å²) in [5.74, 6) is -4.17. The number of nitrogens with zero attached hydrogens (tertiary/aromatic N) is 2. The lowest BCUT2D eigenvalue weighted by Crippen LogP contribution is -2.60. The maximum absolute atomic E-state index is 14.2. The lowest BCUT2D eigenvalue weighted by atomic mass is 9.85. The number of hydrogen-bond donors (Lipinski definition) is 4. The summed E-state index contributed by atoms with van der Waals surface area (Å²) in [5.41, 5.74) is -0.421. The summed E-state index contributed by atoms with van der Waals surface area (Å²) in [6, 6.07) is 4.47. The van der Waals surface area contributed by atoms with Crippen molar-refractivity contribution >= 4 is 41.4 Å². The van der Waals surface area contributed by atoms with Crippen LogP contribution in [-0.4, -0.2) is 103 Å². The van der Waals surface area contributed by atoms with Crippen LogP contribution in [0.1, 0.15) is 86.8 Å². The molecule has 1 aliphatic carbocycles. The van der Waals surface area contributed by atoms with Gasteiger partial charge in [-0.25, -0.2) is 4.79 Å². The van der Waals surface area contributed by atoms with E-state index in [-0.39, 0.29) is 41.6 Å². The van der Waals surface area contributed by atoms with Crippen LogP contribution in [-0.2, 0) is 33.5 Å². The summed E-state index contributed by atoms with van der Waals surface area (Å²) < 4.78 is 5.49. The molecule has 1 heterocycles. The average Bonchev–Trinajstić information content (AvgIpc) is 3.37. The standard InChI is InChI=1S/C38H58N6O8/c1-12-16-25(30(46)33(48)39-19-26(45)41-28(34(49)43(10)11)23-17-14-13-15-18-23)40-32(47)29-27-24(38(27,8)9)20-44(29)35(50)31(37(5,6)7)42-36(51)52-22(4)21(2)3/h13-15,17-18,21-22,24-25,27-29,31H,12,16,19-20H2,1-11H3,(H,39,48)(H,40,47)(H,41,45)(H,42,51). The van der Waals surface area contributed by atoms with Crippen molar-refractivity contribution in [2.45, 2.75) is 105 Å². The van der Waals surface area contributed by atoms with E-state index in [0.29, 0.717) is 18.5 Å². The first-order valence-corrected chi connectivity index (χ1v) is 18.1. The van der Waals surface area contributed by atoms with Crippen molar-refractivity contribution in [2.75, 3.05) is 27.2 Å². The smallest absolute Gasteiger partial charge is 0.408 e. The molecule has 0 spiro atoms. The Kier molecular flexibility index (Phi) is 13.6. The third-order valence-electron chi connectivity index (χ3n) is 10.3. The van der Waals surface area contributed by atoms with Crippen molar-refractivity contribution in [3.8, 4) is 0 Å². The van der Waals surface area contributed by atoms with E-state index >= 15 is 0 Å². The lowest BCUT2D eigenvalue weighted by molar-refractivity contribution is -0.145. The van der Waals surface area contributed by atoms with Crippen molar-refractivity contribution in [1.29, 1.82) is 0 Å². The molecule has 3 rings (SSSR count). The third-order valence-corrected chi connectivity index (χ3v) is 10.3. The highest BCUT2D eigenvalue weighted by Gasteiger charge is 2.70. The van der Waals surface area contributed by atoms with Crippen LogP contribution in [0.3, 0.4) is 0 Å². The number of carbonyl (C=O) groups excluding carboxylic acids is 7. The van der Waals surface area contributed by atoms with Gasteiger partial charge >= 0.3 is 6.09 Å². The number of carbonyl (C=O) groups is 7. The van der Waals surface area contributed by atoms with Crippen LogP contribution in [0.5, 0.6) is 0 Å². The van der Waals surface area contributed by atoms with Gasteiger partial charge < -0.3 is 35.8 Å². The summed E-state index contributed by atoms with van der Waals surface area (Å²) in [6.45, 7) is 16.6. The molecule has 52 heavy (non-hydrogen) atoms. The molecule has 7 atom stereocenters. The van der Waals surface area contributed by atoms with Crippen LogP contribution in [0.2, 0.25) is 0 Å². The predicted molar refractivity (Wildman–Crippen MR) is 194 cm³/mol. The molecular weight excluding hydrogens is 668 g/mol. The number of benzene rings is 1. The molecule has 14 heteroatoms. The molecule has 1 aromatic carbocycles. The number of hydrogen-bond acceptors (Lipinski definition) is 8. The van der Waals surface area contributed by atoms with Crippen LogP contribution in [0.15, 0.2) is 30.3 Å². The van der Waals surface area contributed by atoms with Gasteiger partial charge in [-0.3, -0.25) is 28.8 Å². The lowest BCUT2D eigenvalue weighted by Gasteiger charge is -2.38. The summed E-state index contributed by atoms with van der Waals surface area (Å²) in [6.07, 6.45) is -0.518. The van der Waals surface area contributed by atoms with Crippen LogP contribution in [0.4, 0.5) is 4.79 Å². The normalized spacial score (nSPS) is 21.1. The minimum atomic E-state index is -1.21. The zero-order chi connectivity index (χ0) is 39.3. The summed E-state index contributed by atoms with van der Waals surface area (Å²) >= 11 is 0. The van der Waals surface area contributed by atoms with Crippen LogP contribution < -0.4 is 21.3 Å². The zero-order valence-corrected chi connectivity index (χ0v) is 32.5. The molecule has 1 aliphatic heterocycles. The molecule has 6 amide bonds. The van der Waals surface area contributed by atoms with Gasteiger partial charge in [0.2, 0.25) is 29.4 Å². The largest absolute Gasteiger partial charge is 0.446 e. The van der Waals surface area contributed by atoms with Crippen molar-refractivity contribution < 1.29 is 38.3 Å². The van der Waals surface area contributed by atoms with Crippen molar-refractivity contribution in [3.63, 3.8) is 0 Å². The first-order chi connectivity index (χ1) is 24.1. The Morgan fingerprint density at radius 1 is 0.962 bits per heavy atom. The van der Waals surface area contributed by atoms with Gasteiger partial charge in [0.25, 0.3) is 5.91 Å². The van der Waals surface area contributed by atoms with Crippen LogP contribution in [0.25, 0.3) is 0 Å². The Balaban J connectivity index is 1.73. The molecule has 288 valence electrons. The SMILES string of the molecule is CCCC(NC(=O)C1C2C(CN1C(=O)C(NC(=O)OC(C)C(C)C)C(C)(C)C)C2(C)C)C(=O)C(=O)NCC(=O)NC(C(=O)N(C)C)c1ccccc1. The van der Waals surface area contributed by atoms with Gasteiger partial charge in [-0.15, -0.1) is 0 Å². The van der Waals surface area contributed by atoms with E-state index in [9.17, 15) is 33.6 Å². The zero-order valence-electron chi connectivity index (χ0n) is 32.5. The number of fused-ring (bicyclic) bond motifs is 1. The van der Waals surface area contributed by atoms with Gasteiger partial charge in [0.1, 0.15) is 24.2 Å². The first kappa shape index (κ1) is 41.9. The van der Waals surface area contributed by atoms with E-state index in [0.717, 1.165) is 0 Å². The van der Waals surface area contributed by atoms with Crippen molar-refractivity contribution in [3.05, 3.63) is 35.9 Å². The first-order valence-electron chi connectivity index (χ1n) is 18.1. The van der Waals surface area contributed by atoms with Gasteiger partial charge in [-0.05, 0) is 47.5 Å². The number of ether oxygens (including phenoxy) is 1. The summed E-state index contributed by atoms with van der Waals surface area (Å²) in [4.78, 5) is 96.0. The van der Waals surface area contributed by atoms with Gasteiger partial charge in [-0.1, -0.05) is 92.1 Å². The van der Waals surface area contributed by atoms with Crippen molar-refractivity contribution in [1.82, 2.24) is 31.1 Å². The number of nitrogens with one attached hydrogen (secondary N) is 4. The van der Waals surface area contributed by atoms with Crippen LogP contribution >= 0.6 is 0 Å². The Hall–Kier alpha value is -4.49. The number of likely N-dealkylation sites (N-methyl/N-ethyl adjacent to an activating group) is 1. The fourth-order valence-electron chi connectivity index (χ4n) is 6.71. The number of alkyl carbamates (subject to hydrolysis) is 1. The van der Waals surface area contributed by atoms with Gasteiger partial charge in [-0.2, -0.15) is 0 Å². The molecule has 7 unspecified atom stereocenters. The van der Waals surface area contributed by atoms with E-state index in [1.54, 1.807) is 58.3 Å². The minimum absolute atomic E-state index is 0.0296. The number of piperidine rings is 1. The second kappa shape index (κ2) is 16.9. The molecule has 2 aliphatic rings. The molecule has 2 fully saturated rings. The number of rotatable bonds is 15. The molecule has 1 saturated heterocycles. The summed E-state index contributed by atoms with van der Waals surface area (Å²) in [5, 5.41) is 10.4. The predicted octanol–water partition coefficient (Wildman–Crippen LogP) is 2.57. The highest BCUT2D eigenvalue weighted by Crippen LogP contribution is 2.65.